The fourth-order valence-corrected chi connectivity index (χ4v) is 12.3. The van der Waals surface area contributed by atoms with Crippen LogP contribution in [0, 0.1) is 0 Å². The Balaban J connectivity index is 0.000000121. The minimum Gasteiger partial charge on any atom is -0.423 e. The first-order valence-electron chi connectivity index (χ1n) is 25.5. The molecule has 0 aliphatic carbocycles. The number of fused-ring (bicyclic) bond motifs is 14. The van der Waals surface area contributed by atoms with E-state index in [0.29, 0.717) is 14.9 Å². The first-order valence-corrected chi connectivity index (χ1v) is 27.8. The van der Waals surface area contributed by atoms with E-state index in [2.05, 4.69) is 193 Å². The van der Waals surface area contributed by atoms with E-state index in [0.717, 1.165) is 131 Å². The van der Waals surface area contributed by atoms with Gasteiger partial charge in [0, 0.05) is 61.0 Å². The first-order chi connectivity index (χ1) is 39.3. The molecule has 0 amide bonds. The summed E-state index contributed by atoms with van der Waals surface area (Å²) in [5, 5.41) is 30.8. The number of rotatable bonds is 4. The second-order valence-electron chi connectivity index (χ2n) is 19.0. The van der Waals surface area contributed by atoms with Gasteiger partial charge >= 0.3 is 7.12 Å². The van der Waals surface area contributed by atoms with Crippen LogP contribution in [0.3, 0.4) is 0 Å². The zero-order valence-corrected chi connectivity index (χ0v) is 46.6. The summed E-state index contributed by atoms with van der Waals surface area (Å²) in [6, 6.07) is 69.1. The van der Waals surface area contributed by atoms with Crippen molar-refractivity contribution < 1.29 is 10.0 Å². The van der Waals surface area contributed by atoms with Crippen LogP contribution in [0.25, 0.3) is 132 Å². The normalized spacial score (nSPS) is 11.6. The molecule has 0 bridgehead atoms. The number of pyridine rings is 4. The molecule has 16 aromatic rings. The highest BCUT2D eigenvalue weighted by Crippen LogP contribution is 2.38. The van der Waals surface area contributed by atoms with Gasteiger partial charge in [-0.05, 0) is 148 Å². The number of halogens is 3. The Hall–Kier alpha value is -8.90. The van der Waals surface area contributed by atoms with Crippen LogP contribution in [0.2, 0.25) is 0 Å². The molecule has 0 saturated heterocycles. The van der Waals surface area contributed by atoms with Gasteiger partial charge in [-0.1, -0.05) is 133 Å². The van der Waals surface area contributed by atoms with Gasteiger partial charge in [-0.3, -0.25) is 9.13 Å². The van der Waals surface area contributed by atoms with E-state index < -0.39 is 7.12 Å². The summed E-state index contributed by atoms with van der Waals surface area (Å²) < 4.78 is 6.03. The summed E-state index contributed by atoms with van der Waals surface area (Å²) >= 11 is 10.5. The van der Waals surface area contributed by atoms with Crippen LogP contribution >= 0.6 is 47.8 Å². The SMILES string of the molecule is Brc1nc(-c2cccc3ccccc23)c2ccc3ccc(-n4c5ccccc5c5cccnc54)nc3c2n1.Brc1nc(Br)c2ccc3ccc(-n4c5ccccc5c5cccnc54)nc3c2n1.OB(O)c1cccc2ccccc12. The Morgan fingerprint density at radius 1 is 0.338 bits per heavy atom. The molecule has 80 heavy (non-hydrogen) atoms. The summed E-state index contributed by atoms with van der Waals surface area (Å²) in [5.41, 5.74) is 9.67. The number of hydrogen-bond acceptors (Lipinski definition) is 10. The molecule has 0 fully saturated rings. The molecule has 8 aromatic heterocycles. The van der Waals surface area contributed by atoms with Crippen LogP contribution < -0.4 is 5.46 Å². The number of aromatic nitrogens is 10. The van der Waals surface area contributed by atoms with Gasteiger partial charge in [0.25, 0.3) is 0 Å². The number of hydrogen-bond donors (Lipinski definition) is 2. The van der Waals surface area contributed by atoms with E-state index in [4.69, 9.17) is 35.0 Å². The average Bonchev–Trinajstić information content (AvgIpc) is 4.08. The van der Waals surface area contributed by atoms with Crippen LogP contribution in [0.15, 0.2) is 233 Å². The molecule has 16 rings (SSSR count). The lowest BCUT2D eigenvalue weighted by Crippen LogP contribution is -2.30. The second-order valence-corrected chi connectivity index (χ2v) is 21.1. The molecule has 0 saturated carbocycles. The third kappa shape index (κ3) is 8.60. The molecule has 2 N–H and O–H groups in total. The van der Waals surface area contributed by atoms with Gasteiger partial charge in [0.15, 0.2) is 9.47 Å². The van der Waals surface area contributed by atoms with Crippen molar-refractivity contribution in [1.29, 1.82) is 0 Å². The largest absolute Gasteiger partial charge is 0.489 e. The van der Waals surface area contributed by atoms with Crippen LogP contribution in [-0.4, -0.2) is 66.2 Å². The molecule has 380 valence electrons. The maximum Gasteiger partial charge on any atom is 0.489 e. The zero-order chi connectivity index (χ0) is 54.0. The summed E-state index contributed by atoms with van der Waals surface area (Å²) in [6.45, 7) is 0. The standard InChI is InChI=1S/C32H18BrN5.C22H11Br2N5.C10H9BO2/c33-32-36-29(23-11-5-8-19-7-1-2-9-21(19)23)25-16-14-20-15-17-27(35-28(20)30(25)37-32)38-26-13-4-3-10-22(26)24-12-6-18-34-31(24)38;23-20-15-9-7-12-8-10-17(26-18(12)19(15)27-22(24)28-20)29-16-6-2-1-4-13(16)14-5-3-11-25-21(14)29;12-11(13)10-7-3-5-8-4-1-2-6-9(8)10/h1-18H;1-11H;1-7,12-13H. The van der Waals surface area contributed by atoms with Crippen molar-refractivity contribution in [2.45, 2.75) is 0 Å². The Labute approximate surface area is 480 Å². The second kappa shape index (κ2) is 20.4. The van der Waals surface area contributed by atoms with Crippen molar-refractivity contribution in [3.05, 3.63) is 233 Å². The zero-order valence-electron chi connectivity index (χ0n) is 41.9. The smallest absolute Gasteiger partial charge is 0.423 e. The van der Waals surface area contributed by atoms with Gasteiger partial charge in [-0.2, -0.15) is 0 Å². The molecular weight excluding hydrogens is 1190 g/mol. The van der Waals surface area contributed by atoms with Crippen LogP contribution in [0.5, 0.6) is 0 Å². The van der Waals surface area contributed by atoms with E-state index in [1.807, 2.05) is 91.3 Å². The molecule has 8 heterocycles. The number of benzene rings is 8. The quantitative estimate of drug-likeness (QED) is 0.0753. The number of nitrogens with zero attached hydrogens (tertiary/aromatic N) is 10. The van der Waals surface area contributed by atoms with Crippen molar-refractivity contribution in [3.63, 3.8) is 0 Å². The molecule has 0 spiro atoms. The number of para-hydroxylation sites is 2. The summed E-state index contributed by atoms with van der Waals surface area (Å²) in [7, 11) is -1.40. The minimum atomic E-state index is -1.40. The van der Waals surface area contributed by atoms with Crippen LogP contribution in [0.1, 0.15) is 0 Å². The molecule has 8 aromatic carbocycles. The van der Waals surface area contributed by atoms with E-state index in [1.54, 1.807) is 6.07 Å². The van der Waals surface area contributed by atoms with Gasteiger partial charge in [-0.15, -0.1) is 0 Å². The van der Waals surface area contributed by atoms with Crippen molar-refractivity contribution in [1.82, 2.24) is 49.0 Å². The monoisotopic (exact) mass is 1230 g/mol. The van der Waals surface area contributed by atoms with Gasteiger partial charge < -0.3 is 10.0 Å². The maximum atomic E-state index is 9.08. The summed E-state index contributed by atoms with van der Waals surface area (Å²) in [5.74, 6) is 1.61. The third-order valence-corrected chi connectivity index (χ3v) is 15.7. The fourth-order valence-electron chi connectivity index (χ4n) is 10.9. The lowest BCUT2D eigenvalue weighted by Gasteiger charge is -2.12. The topological polar surface area (TPSA) is 153 Å². The molecule has 0 unspecified atom stereocenters. The summed E-state index contributed by atoms with van der Waals surface area (Å²) in [4.78, 5) is 38.2. The first kappa shape index (κ1) is 49.4. The Kier molecular flexibility index (Phi) is 12.6. The summed E-state index contributed by atoms with van der Waals surface area (Å²) in [6.07, 6.45) is 3.64. The Morgan fingerprint density at radius 2 is 0.800 bits per heavy atom. The van der Waals surface area contributed by atoms with Crippen LogP contribution in [0.4, 0.5) is 0 Å². The molecule has 16 heteroatoms. The Bertz CT molecular complexity index is 5040. The van der Waals surface area contributed by atoms with E-state index in [-0.39, 0.29) is 0 Å². The minimum absolute atomic E-state index is 0.523. The highest BCUT2D eigenvalue weighted by molar-refractivity contribution is 9.11. The molecule has 0 aliphatic rings. The van der Waals surface area contributed by atoms with E-state index in [9.17, 15) is 0 Å². The maximum absolute atomic E-state index is 9.08. The van der Waals surface area contributed by atoms with Crippen molar-refractivity contribution in [2.24, 2.45) is 0 Å². The van der Waals surface area contributed by atoms with E-state index >= 15 is 0 Å². The van der Waals surface area contributed by atoms with Crippen molar-refractivity contribution in [2.75, 3.05) is 0 Å². The molecule has 12 nitrogen and oxygen atoms in total. The molecule has 0 atom stereocenters. The highest BCUT2D eigenvalue weighted by atomic mass is 79.9. The predicted molar refractivity (Wildman–Crippen MR) is 334 cm³/mol. The molecule has 0 aliphatic heterocycles. The van der Waals surface area contributed by atoms with Gasteiger partial charge in [0.05, 0.1) is 27.8 Å². The highest BCUT2D eigenvalue weighted by Gasteiger charge is 2.20. The van der Waals surface area contributed by atoms with Gasteiger partial charge in [0.2, 0.25) is 0 Å². The lowest BCUT2D eigenvalue weighted by atomic mass is 9.77. The van der Waals surface area contributed by atoms with Gasteiger partial charge in [-0.25, -0.2) is 39.9 Å². The van der Waals surface area contributed by atoms with Gasteiger partial charge in [0.1, 0.15) is 38.6 Å². The average molecular weight is 1230 g/mol. The van der Waals surface area contributed by atoms with E-state index in [1.165, 1.54) is 5.39 Å². The lowest BCUT2D eigenvalue weighted by molar-refractivity contribution is 0.426. The van der Waals surface area contributed by atoms with Crippen LogP contribution in [-0.2, 0) is 0 Å². The fraction of sp³-hybridized carbons (Fsp3) is 0. The van der Waals surface area contributed by atoms with Crippen molar-refractivity contribution >= 4 is 169 Å². The molecule has 0 radical (unpaired) electrons. The molecular formula is C64H38BBr3N10O2. The Morgan fingerprint density at radius 3 is 1.40 bits per heavy atom. The predicted octanol–water partition coefficient (Wildman–Crippen LogP) is 15.0. The third-order valence-electron chi connectivity index (χ3n) is 14.4. The van der Waals surface area contributed by atoms with Crippen molar-refractivity contribution in [3.8, 4) is 22.9 Å².